The predicted molar refractivity (Wildman–Crippen MR) is 136 cm³/mol. The van der Waals surface area contributed by atoms with Crippen LogP contribution in [0.3, 0.4) is 0 Å². The Bertz CT molecular complexity index is 1490. The summed E-state index contributed by atoms with van der Waals surface area (Å²) < 4.78 is 1.39. The molecule has 0 saturated heterocycles. The first-order valence-electron chi connectivity index (χ1n) is 11.8. The number of pyridine rings is 1. The highest BCUT2D eigenvalue weighted by atomic mass is 35.5. The number of aromatic nitrogens is 1. The van der Waals surface area contributed by atoms with Gasteiger partial charge in [-0.05, 0) is 52.8 Å². The average molecular weight is 503 g/mol. The van der Waals surface area contributed by atoms with E-state index < -0.39 is 12.0 Å². The topological polar surface area (TPSA) is 94.8 Å². The summed E-state index contributed by atoms with van der Waals surface area (Å²) in [4.78, 5) is 55.4. The molecule has 5 rings (SSSR count). The highest BCUT2D eigenvalue weighted by Gasteiger charge is 2.26. The maximum absolute atomic E-state index is 13.3. The molecule has 182 valence electrons. The van der Waals surface area contributed by atoms with Crippen molar-refractivity contribution in [2.24, 2.45) is 5.16 Å². The van der Waals surface area contributed by atoms with E-state index in [9.17, 15) is 19.2 Å². The average Bonchev–Trinajstić information content (AvgIpc) is 3.25. The van der Waals surface area contributed by atoms with Crippen LogP contribution in [0.4, 0.5) is 0 Å². The monoisotopic (exact) mass is 502 g/mol. The molecule has 0 fully saturated rings. The Labute approximate surface area is 212 Å². The van der Waals surface area contributed by atoms with Crippen LogP contribution in [0.2, 0.25) is 5.02 Å². The van der Waals surface area contributed by atoms with Gasteiger partial charge in [0.25, 0.3) is 5.56 Å². The zero-order valence-corrected chi connectivity index (χ0v) is 20.4. The number of hydrogen-bond donors (Lipinski definition) is 0. The Kier molecular flexibility index (Phi) is 6.41. The van der Waals surface area contributed by atoms with Crippen LogP contribution >= 0.6 is 11.6 Å². The van der Waals surface area contributed by atoms with Crippen molar-refractivity contribution in [3.63, 3.8) is 0 Å². The van der Waals surface area contributed by atoms with E-state index >= 15 is 0 Å². The molecule has 2 aliphatic rings. The normalized spacial score (nSPS) is 15.4. The molecule has 0 bridgehead atoms. The highest BCUT2D eigenvalue weighted by molar-refractivity contribution is 6.31. The van der Waals surface area contributed by atoms with Gasteiger partial charge in [-0.15, -0.1) is 0 Å². The molecule has 7 nitrogen and oxygen atoms in total. The number of halogens is 1. The van der Waals surface area contributed by atoms with Crippen molar-refractivity contribution in [1.82, 2.24) is 4.57 Å². The lowest BCUT2D eigenvalue weighted by molar-refractivity contribution is -0.140. The van der Waals surface area contributed by atoms with Crippen molar-refractivity contribution < 1.29 is 19.2 Å². The van der Waals surface area contributed by atoms with Crippen molar-refractivity contribution >= 4 is 34.8 Å². The Balaban J connectivity index is 1.43. The molecule has 0 N–H and O–H groups in total. The van der Waals surface area contributed by atoms with Crippen LogP contribution in [0.1, 0.15) is 59.3 Å². The van der Waals surface area contributed by atoms with Crippen molar-refractivity contribution in [3.05, 3.63) is 92.4 Å². The zero-order valence-electron chi connectivity index (χ0n) is 19.6. The molecule has 1 unspecified atom stereocenters. The lowest BCUT2D eigenvalue weighted by Crippen LogP contribution is -2.31. The number of Topliss-reactive ketones (excluding diaryl/α,β-unsaturated/α-hetero) is 2. The first-order chi connectivity index (χ1) is 17.3. The highest BCUT2D eigenvalue weighted by Crippen LogP contribution is 2.34. The van der Waals surface area contributed by atoms with Crippen LogP contribution in [0.15, 0.2) is 64.7 Å². The second-order valence-corrected chi connectivity index (χ2v) is 9.45. The molecule has 1 aromatic heterocycles. The zero-order chi connectivity index (χ0) is 25.4. The summed E-state index contributed by atoms with van der Waals surface area (Å²) in [5.74, 6) is -0.596. The van der Waals surface area contributed by atoms with Crippen LogP contribution < -0.4 is 5.56 Å². The molecule has 0 spiro atoms. The fourth-order valence-corrected chi connectivity index (χ4v) is 4.98. The van der Waals surface area contributed by atoms with Gasteiger partial charge in [0.05, 0.1) is 18.2 Å². The van der Waals surface area contributed by atoms with E-state index in [1.165, 1.54) is 10.6 Å². The largest absolute Gasteiger partial charge is 0.341 e. The second-order valence-electron chi connectivity index (χ2n) is 9.01. The lowest BCUT2D eigenvalue weighted by Gasteiger charge is -2.19. The van der Waals surface area contributed by atoms with E-state index in [2.05, 4.69) is 9.99 Å². The van der Waals surface area contributed by atoms with Crippen molar-refractivity contribution in [2.75, 3.05) is 0 Å². The second kappa shape index (κ2) is 9.66. The predicted octanol–water partition coefficient (Wildman–Crippen LogP) is 4.71. The molecule has 1 aliphatic heterocycles. The van der Waals surface area contributed by atoms with Gasteiger partial charge in [0.1, 0.15) is 0 Å². The van der Waals surface area contributed by atoms with Gasteiger partial charge < -0.3 is 9.40 Å². The SMILES string of the molecule is CCC(C(=O)Cc1ccc(C2=NOC(=O)C2)cc1)n1cc2c(cc1=O)-c1cc(Cl)ccc1CCC2=O. The van der Waals surface area contributed by atoms with Gasteiger partial charge >= 0.3 is 5.97 Å². The number of ketones is 2. The molecule has 2 aromatic carbocycles. The van der Waals surface area contributed by atoms with E-state index in [0.29, 0.717) is 41.1 Å². The van der Waals surface area contributed by atoms with E-state index in [1.807, 2.05) is 13.0 Å². The fourth-order valence-electron chi connectivity index (χ4n) is 4.81. The third kappa shape index (κ3) is 4.54. The fraction of sp³-hybridized carbons (Fsp3) is 0.250. The van der Waals surface area contributed by atoms with Crippen molar-refractivity contribution in [1.29, 1.82) is 0 Å². The van der Waals surface area contributed by atoms with E-state index in [0.717, 1.165) is 22.3 Å². The Morgan fingerprint density at radius 1 is 1.03 bits per heavy atom. The number of aryl methyl sites for hydroxylation is 1. The number of fused-ring (bicyclic) bond motifs is 3. The Hall–Kier alpha value is -3.84. The van der Waals surface area contributed by atoms with E-state index in [-0.39, 0.29) is 30.0 Å². The van der Waals surface area contributed by atoms with E-state index in [4.69, 9.17) is 11.6 Å². The maximum atomic E-state index is 13.3. The molecule has 36 heavy (non-hydrogen) atoms. The van der Waals surface area contributed by atoms with Gasteiger partial charge in [-0.1, -0.05) is 54.0 Å². The quantitative estimate of drug-likeness (QED) is 0.455. The standard InChI is InChI=1S/C28H23ClN2O5/c1-2-24(26(33)11-16-3-5-18(6-4-16)23-14-28(35)36-30-23)31-15-22-21(13-27(31)34)20-12-19(29)9-7-17(20)8-10-25(22)32/h3-7,9,12-13,15,24H,2,8,10-11,14H2,1H3. The molecule has 8 heteroatoms. The number of hydrogen-bond acceptors (Lipinski definition) is 6. The van der Waals surface area contributed by atoms with Crippen LogP contribution in [0.25, 0.3) is 11.1 Å². The maximum Gasteiger partial charge on any atom is 0.341 e. The van der Waals surface area contributed by atoms with Crippen LogP contribution in [0.5, 0.6) is 0 Å². The minimum atomic E-state index is -0.706. The lowest BCUT2D eigenvalue weighted by atomic mass is 9.96. The minimum Gasteiger partial charge on any atom is -0.318 e. The van der Waals surface area contributed by atoms with Crippen molar-refractivity contribution in [2.45, 2.75) is 45.1 Å². The molecule has 1 atom stereocenters. The first-order valence-corrected chi connectivity index (χ1v) is 12.2. The van der Waals surface area contributed by atoms with E-state index in [1.54, 1.807) is 42.6 Å². The van der Waals surface area contributed by atoms with Gasteiger partial charge in [0, 0.05) is 35.7 Å². The van der Waals surface area contributed by atoms with Crippen LogP contribution in [0, 0.1) is 0 Å². The number of rotatable bonds is 6. The smallest absolute Gasteiger partial charge is 0.318 e. The molecular formula is C28H23ClN2O5. The summed E-state index contributed by atoms with van der Waals surface area (Å²) in [6, 6.07) is 13.4. The number of carbonyl (C=O) groups is 3. The summed E-state index contributed by atoms with van der Waals surface area (Å²) in [5.41, 5.74) is 4.48. The molecular weight excluding hydrogens is 480 g/mol. The first kappa shape index (κ1) is 23.9. The summed E-state index contributed by atoms with van der Waals surface area (Å²) in [6.45, 7) is 1.84. The molecule has 0 radical (unpaired) electrons. The molecule has 2 heterocycles. The molecule has 0 amide bonds. The molecule has 1 aliphatic carbocycles. The van der Waals surface area contributed by atoms with Gasteiger partial charge in [-0.3, -0.25) is 14.4 Å². The van der Waals surface area contributed by atoms with Crippen molar-refractivity contribution in [3.8, 4) is 11.1 Å². The number of nitrogens with zero attached hydrogens (tertiary/aromatic N) is 2. The van der Waals surface area contributed by atoms with Gasteiger partial charge in [0.15, 0.2) is 11.6 Å². The van der Waals surface area contributed by atoms with Gasteiger partial charge in [-0.2, -0.15) is 0 Å². The molecule has 3 aromatic rings. The Morgan fingerprint density at radius 3 is 2.50 bits per heavy atom. The summed E-state index contributed by atoms with van der Waals surface area (Å²) in [7, 11) is 0. The Morgan fingerprint density at radius 2 is 1.81 bits per heavy atom. The van der Waals surface area contributed by atoms with Crippen LogP contribution in [-0.4, -0.2) is 27.8 Å². The van der Waals surface area contributed by atoms with Gasteiger partial charge in [-0.25, -0.2) is 4.79 Å². The summed E-state index contributed by atoms with van der Waals surface area (Å²) >= 11 is 6.21. The number of carbonyl (C=O) groups excluding carboxylic acids is 3. The summed E-state index contributed by atoms with van der Waals surface area (Å²) in [6.07, 6.45) is 3.07. The number of benzene rings is 2. The minimum absolute atomic E-state index is 0.0683. The van der Waals surface area contributed by atoms with Crippen LogP contribution in [-0.2, 0) is 27.3 Å². The van der Waals surface area contributed by atoms with Gasteiger partial charge in [0.2, 0.25) is 0 Å². The molecule has 0 saturated carbocycles. The third-order valence-corrected chi connectivity index (χ3v) is 6.93. The summed E-state index contributed by atoms with van der Waals surface area (Å²) in [5, 5.41) is 4.29. The third-order valence-electron chi connectivity index (χ3n) is 6.69. The number of oxime groups is 1.